The van der Waals surface area contributed by atoms with Gasteiger partial charge >= 0.3 is 0 Å². The van der Waals surface area contributed by atoms with Crippen LogP contribution in [0.2, 0.25) is 0 Å². The number of hydrogen-bond donors (Lipinski definition) is 0. The number of hydrogen-bond acceptors (Lipinski definition) is 1. The van der Waals surface area contributed by atoms with Crippen LogP contribution in [0.4, 0.5) is 0 Å². The fourth-order valence-corrected chi connectivity index (χ4v) is 2.00. The highest BCUT2D eigenvalue weighted by Crippen LogP contribution is 2.23. The zero-order chi connectivity index (χ0) is 12.8. The van der Waals surface area contributed by atoms with E-state index in [1.807, 2.05) is 30.1 Å². The van der Waals surface area contributed by atoms with Gasteiger partial charge in [-0.3, -0.25) is 4.79 Å². The normalized spacial score (nSPS) is 19.2. The van der Waals surface area contributed by atoms with Crippen molar-refractivity contribution in [2.24, 2.45) is 11.8 Å². The van der Waals surface area contributed by atoms with Crippen LogP contribution in [-0.4, -0.2) is 24.4 Å². The Balaban J connectivity index is 0.000000181. The Morgan fingerprint density at radius 2 is 1.82 bits per heavy atom. The summed E-state index contributed by atoms with van der Waals surface area (Å²) < 4.78 is 0. The van der Waals surface area contributed by atoms with Crippen LogP contribution in [0.3, 0.4) is 0 Å². The maximum absolute atomic E-state index is 11.3. The van der Waals surface area contributed by atoms with Gasteiger partial charge in [0.25, 0.3) is 0 Å². The summed E-state index contributed by atoms with van der Waals surface area (Å²) in [5.41, 5.74) is 1.32. The van der Waals surface area contributed by atoms with Gasteiger partial charge < -0.3 is 4.90 Å². The molecule has 1 unspecified atom stereocenters. The quantitative estimate of drug-likeness (QED) is 0.730. The lowest BCUT2D eigenvalue weighted by Crippen LogP contribution is -2.24. The summed E-state index contributed by atoms with van der Waals surface area (Å²) in [7, 11) is 1.88. The Kier molecular flexibility index (Phi) is 5.20. The standard InChI is InChI=1S/C8H15NO.C7H8/c1-6(2)7-4-5-9(3)8(7)10;1-7-5-3-2-4-6-7/h6-7H,4-5H2,1-3H3;2-6H,1H3. The van der Waals surface area contributed by atoms with E-state index < -0.39 is 0 Å². The van der Waals surface area contributed by atoms with Gasteiger partial charge in [-0.05, 0) is 19.3 Å². The van der Waals surface area contributed by atoms with Crippen molar-refractivity contribution >= 4 is 5.91 Å². The van der Waals surface area contributed by atoms with Crippen LogP contribution in [0.1, 0.15) is 25.8 Å². The average molecular weight is 233 g/mol. The highest BCUT2D eigenvalue weighted by Gasteiger charge is 2.30. The van der Waals surface area contributed by atoms with Crippen molar-refractivity contribution in [3.05, 3.63) is 35.9 Å². The smallest absolute Gasteiger partial charge is 0.225 e. The molecule has 2 nitrogen and oxygen atoms in total. The Labute approximate surface area is 105 Å². The van der Waals surface area contributed by atoms with Gasteiger partial charge in [-0.25, -0.2) is 0 Å². The highest BCUT2D eigenvalue weighted by atomic mass is 16.2. The molecule has 1 aliphatic heterocycles. The lowest BCUT2D eigenvalue weighted by Gasteiger charge is -2.12. The molecule has 1 aromatic carbocycles. The van der Waals surface area contributed by atoms with E-state index in [0.717, 1.165) is 13.0 Å². The number of carbonyl (C=O) groups excluding carboxylic acids is 1. The molecule has 1 heterocycles. The van der Waals surface area contributed by atoms with Gasteiger partial charge in [-0.2, -0.15) is 0 Å². The van der Waals surface area contributed by atoms with Crippen molar-refractivity contribution in [2.45, 2.75) is 27.2 Å². The van der Waals surface area contributed by atoms with Gasteiger partial charge in [0, 0.05) is 19.5 Å². The molecule has 2 rings (SSSR count). The second-order valence-corrected chi connectivity index (χ2v) is 5.05. The van der Waals surface area contributed by atoms with Crippen molar-refractivity contribution in [3.8, 4) is 0 Å². The fraction of sp³-hybridized carbons (Fsp3) is 0.533. The minimum atomic E-state index is 0.296. The molecule has 2 heteroatoms. The molecule has 0 N–H and O–H groups in total. The second kappa shape index (κ2) is 6.43. The predicted octanol–water partition coefficient (Wildman–Crippen LogP) is 3.12. The summed E-state index contributed by atoms with van der Waals surface area (Å²) in [6.45, 7) is 7.26. The van der Waals surface area contributed by atoms with Crippen molar-refractivity contribution in [3.63, 3.8) is 0 Å². The molecule has 1 amide bonds. The van der Waals surface area contributed by atoms with Crippen LogP contribution in [0.25, 0.3) is 0 Å². The molecule has 0 spiro atoms. The van der Waals surface area contributed by atoms with E-state index >= 15 is 0 Å². The van der Waals surface area contributed by atoms with Gasteiger partial charge in [0.05, 0.1) is 0 Å². The third kappa shape index (κ3) is 4.22. The second-order valence-electron chi connectivity index (χ2n) is 5.05. The molecule has 17 heavy (non-hydrogen) atoms. The first-order valence-corrected chi connectivity index (χ1v) is 6.29. The summed E-state index contributed by atoms with van der Waals surface area (Å²) in [5.74, 6) is 1.14. The molecule has 0 aliphatic carbocycles. The van der Waals surface area contributed by atoms with E-state index in [0.29, 0.717) is 17.7 Å². The fourth-order valence-electron chi connectivity index (χ4n) is 2.00. The maximum atomic E-state index is 11.3. The first kappa shape index (κ1) is 13.8. The topological polar surface area (TPSA) is 20.3 Å². The number of aryl methyl sites for hydroxylation is 1. The van der Waals surface area contributed by atoms with Crippen LogP contribution in [0.15, 0.2) is 30.3 Å². The van der Waals surface area contributed by atoms with E-state index in [2.05, 4.69) is 32.9 Å². The Hall–Kier alpha value is -1.31. The molecular formula is C15H23NO. The van der Waals surface area contributed by atoms with E-state index in [4.69, 9.17) is 0 Å². The van der Waals surface area contributed by atoms with E-state index in [9.17, 15) is 4.79 Å². The Bertz CT molecular complexity index is 345. The molecule has 0 saturated carbocycles. The lowest BCUT2D eigenvalue weighted by molar-refractivity contribution is -0.130. The summed E-state index contributed by atoms with van der Waals surface area (Å²) in [4.78, 5) is 13.1. The molecule has 0 bridgehead atoms. The number of benzene rings is 1. The summed E-state index contributed by atoms with van der Waals surface area (Å²) >= 11 is 0. The maximum Gasteiger partial charge on any atom is 0.225 e. The molecule has 0 aromatic heterocycles. The van der Waals surface area contributed by atoms with Crippen LogP contribution in [0, 0.1) is 18.8 Å². The molecule has 1 atom stereocenters. The van der Waals surface area contributed by atoms with Crippen LogP contribution in [-0.2, 0) is 4.79 Å². The summed E-state index contributed by atoms with van der Waals surface area (Å²) in [6.07, 6.45) is 1.05. The first-order chi connectivity index (χ1) is 8.02. The molecule has 1 aliphatic rings. The monoisotopic (exact) mass is 233 g/mol. The van der Waals surface area contributed by atoms with Gasteiger partial charge in [0.15, 0.2) is 0 Å². The van der Waals surface area contributed by atoms with Crippen LogP contribution in [0.5, 0.6) is 0 Å². The summed E-state index contributed by atoms with van der Waals surface area (Å²) in [5, 5.41) is 0. The first-order valence-electron chi connectivity index (χ1n) is 6.29. The van der Waals surface area contributed by atoms with Gasteiger partial charge in [-0.15, -0.1) is 0 Å². The number of likely N-dealkylation sites (tertiary alicyclic amines) is 1. The molecule has 1 fully saturated rings. The Morgan fingerprint density at radius 1 is 1.24 bits per heavy atom. The van der Waals surface area contributed by atoms with Gasteiger partial charge in [-0.1, -0.05) is 49.7 Å². The van der Waals surface area contributed by atoms with Gasteiger partial charge in [0.1, 0.15) is 0 Å². The van der Waals surface area contributed by atoms with E-state index in [1.54, 1.807) is 0 Å². The molecular weight excluding hydrogens is 210 g/mol. The number of nitrogens with zero attached hydrogens (tertiary/aromatic N) is 1. The van der Waals surface area contributed by atoms with Gasteiger partial charge in [0.2, 0.25) is 5.91 Å². The SMILES string of the molecule is CC(C)C1CCN(C)C1=O.Cc1ccccc1. The van der Waals surface area contributed by atoms with Crippen molar-refractivity contribution in [2.75, 3.05) is 13.6 Å². The predicted molar refractivity (Wildman–Crippen MR) is 71.8 cm³/mol. The number of amides is 1. The van der Waals surface area contributed by atoms with Crippen LogP contribution >= 0.6 is 0 Å². The van der Waals surface area contributed by atoms with Crippen LogP contribution < -0.4 is 0 Å². The number of rotatable bonds is 1. The Morgan fingerprint density at radius 3 is 2.06 bits per heavy atom. The molecule has 1 aromatic rings. The zero-order valence-electron chi connectivity index (χ0n) is 11.3. The van der Waals surface area contributed by atoms with E-state index in [1.165, 1.54) is 5.56 Å². The summed E-state index contributed by atoms with van der Waals surface area (Å²) in [6, 6.07) is 10.3. The molecule has 94 valence electrons. The lowest BCUT2D eigenvalue weighted by atomic mass is 9.95. The van der Waals surface area contributed by atoms with Crippen molar-refractivity contribution < 1.29 is 4.79 Å². The van der Waals surface area contributed by atoms with Crippen molar-refractivity contribution in [1.82, 2.24) is 4.90 Å². The third-order valence-electron chi connectivity index (χ3n) is 3.21. The highest BCUT2D eigenvalue weighted by molar-refractivity contribution is 5.80. The minimum absolute atomic E-state index is 0.296. The largest absolute Gasteiger partial charge is 0.345 e. The van der Waals surface area contributed by atoms with Crippen molar-refractivity contribution in [1.29, 1.82) is 0 Å². The molecule has 1 saturated heterocycles. The third-order valence-corrected chi connectivity index (χ3v) is 3.21. The molecule has 0 radical (unpaired) electrons. The average Bonchev–Trinajstić information content (AvgIpc) is 2.62. The number of carbonyl (C=O) groups is 1. The minimum Gasteiger partial charge on any atom is -0.345 e. The zero-order valence-corrected chi connectivity index (χ0v) is 11.3. The van der Waals surface area contributed by atoms with E-state index in [-0.39, 0.29) is 0 Å².